The van der Waals surface area contributed by atoms with Gasteiger partial charge in [0, 0.05) is 5.92 Å². The fraction of sp³-hybridized carbons (Fsp3) is 0.929. The summed E-state index contributed by atoms with van der Waals surface area (Å²) in [5, 5.41) is 0. The van der Waals surface area contributed by atoms with E-state index in [4.69, 9.17) is 4.74 Å². The Kier molecular flexibility index (Phi) is 5.43. The third-order valence-corrected chi connectivity index (χ3v) is 5.57. The highest BCUT2D eigenvalue weighted by molar-refractivity contribution is 7.86. The van der Waals surface area contributed by atoms with Crippen molar-refractivity contribution in [1.29, 1.82) is 0 Å². The third kappa shape index (κ3) is 4.19. The second-order valence-electron chi connectivity index (χ2n) is 6.05. The van der Waals surface area contributed by atoms with Gasteiger partial charge in [-0.2, -0.15) is 8.42 Å². The van der Waals surface area contributed by atoms with Crippen molar-refractivity contribution in [2.24, 2.45) is 11.8 Å². The summed E-state index contributed by atoms with van der Waals surface area (Å²) in [6.07, 6.45) is 8.95. The summed E-state index contributed by atoms with van der Waals surface area (Å²) in [6.45, 7) is 0. The van der Waals surface area contributed by atoms with E-state index in [0.717, 1.165) is 51.4 Å². The molecule has 0 aromatic heterocycles. The predicted molar refractivity (Wildman–Crippen MR) is 74.6 cm³/mol. The normalized spacial score (nSPS) is 24.2. The fourth-order valence-corrected chi connectivity index (χ4v) is 4.33. The lowest BCUT2D eigenvalue weighted by Gasteiger charge is -2.29. The average Bonchev–Trinajstić information content (AvgIpc) is 2.45. The zero-order valence-corrected chi connectivity index (χ0v) is 12.6. The Morgan fingerprint density at radius 3 is 1.95 bits per heavy atom. The molecule has 2 aliphatic rings. The van der Waals surface area contributed by atoms with Crippen LogP contribution >= 0.6 is 0 Å². The zero-order chi connectivity index (χ0) is 14.6. The molecule has 0 amide bonds. The van der Waals surface area contributed by atoms with Gasteiger partial charge in [-0.25, -0.2) is 0 Å². The summed E-state index contributed by atoms with van der Waals surface area (Å²) in [4.78, 5) is 12.1. The maximum absolute atomic E-state index is 12.1. The van der Waals surface area contributed by atoms with Crippen molar-refractivity contribution in [2.75, 3.05) is 0 Å². The van der Waals surface area contributed by atoms with Crippen LogP contribution in [-0.4, -0.2) is 24.4 Å². The molecule has 2 fully saturated rings. The van der Waals surface area contributed by atoms with Crippen LogP contribution in [0.5, 0.6) is 0 Å². The number of hydrogen-bond acceptors (Lipinski definition) is 4. The highest BCUT2D eigenvalue weighted by atomic mass is 32.2. The molecule has 5 nitrogen and oxygen atoms in total. The molecule has 1 unspecified atom stereocenters. The van der Waals surface area contributed by atoms with Crippen molar-refractivity contribution in [2.45, 2.75) is 69.6 Å². The third-order valence-electron chi connectivity index (χ3n) is 4.50. The van der Waals surface area contributed by atoms with Crippen LogP contribution in [-0.2, 0) is 19.6 Å². The minimum Gasteiger partial charge on any atom is -0.443 e. The first-order chi connectivity index (χ1) is 9.48. The second kappa shape index (κ2) is 6.89. The maximum Gasteiger partial charge on any atom is 0.310 e. The molecule has 0 bridgehead atoms. The molecule has 0 aliphatic heterocycles. The van der Waals surface area contributed by atoms with Gasteiger partial charge < -0.3 is 4.74 Å². The second-order valence-corrected chi connectivity index (χ2v) is 7.55. The van der Waals surface area contributed by atoms with Gasteiger partial charge in [-0.05, 0) is 25.7 Å². The molecular weight excluding hydrogens is 280 g/mol. The summed E-state index contributed by atoms with van der Waals surface area (Å²) in [7, 11) is -4.34. The van der Waals surface area contributed by atoms with E-state index in [-0.39, 0.29) is 11.8 Å². The van der Waals surface area contributed by atoms with Crippen LogP contribution in [0.2, 0.25) is 0 Å². The summed E-state index contributed by atoms with van der Waals surface area (Å²) in [5.41, 5.74) is -1.36. The van der Waals surface area contributed by atoms with Gasteiger partial charge in [0.05, 0.1) is 5.92 Å². The summed E-state index contributed by atoms with van der Waals surface area (Å²) in [6, 6.07) is 0. The minimum absolute atomic E-state index is 0.198. The Morgan fingerprint density at radius 1 is 0.950 bits per heavy atom. The van der Waals surface area contributed by atoms with E-state index in [1.807, 2.05) is 0 Å². The average molecular weight is 304 g/mol. The van der Waals surface area contributed by atoms with Gasteiger partial charge in [0.25, 0.3) is 0 Å². The van der Waals surface area contributed by atoms with Gasteiger partial charge in [-0.1, -0.05) is 38.5 Å². The van der Waals surface area contributed by atoms with E-state index in [0.29, 0.717) is 12.8 Å². The number of hydrogen-bond donors (Lipinski definition) is 1. The Morgan fingerprint density at radius 2 is 1.45 bits per heavy atom. The molecule has 2 rings (SSSR count). The zero-order valence-electron chi connectivity index (χ0n) is 11.8. The van der Waals surface area contributed by atoms with E-state index in [1.165, 1.54) is 0 Å². The molecule has 116 valence electrons. The molecule has 2 aliphatic carbocycles. The van der Waals surface area contributed by atoms with Crippen LogP contribution in [0.25, 0.3) is 0 Å². The lowest BCUT2D eigenvalue weighted by molar-refractivity contribution is -0.154. The molecule has 0 spiro atoms. The highest BCUT2D eigenvalue weighted by Gasteiger charge is 2.38. The van der Waals surface area contributed by atoms with Crippen LogP contribution in [0, 0.1) is 11.8 Å². The van der Waals surface area contributed by atoms with Gasteiger partial charge in [0.1, 0.15) is 0 Å². The van der Waals surface area contributed by atoms with Gasteiger partial charge in [0.15, 0.2) is 0 Å². The van der Waals surface area contributed by atoms with Gasteiger partial charge in [-0.15, -0.1) is 0 Å². The quantitative estimate of drug-likeness (QED) is 0.638. The van der Waals surface area contributed by atoms with E-state index in [9.17, 15) is 17.8 Å². The molecule has 6 heteroatoms. The summed E-state index contributed by atoms with van der Waals surface area (Å²) in [5.74, 6) is -0.902. The van der Waals surface area contributed by atoms with Crippen molar-refractivity contribution in [1.82, 2.24) is 0 Å². The molecule has 0 saturated heterocycles. The number of esters is 1. The van der Waals surface area contributed by atoms with Crippen LogP contribution in [0.3, 0.4) is 0 Å². The SMILES string of the molecule is O=C(OC(C1CCCCC1)S(=O)(=O)O)C1CCCCC1. The minimum atomic E-state index is -4.34. The molecule has 1 N–H and O–H groups in total. The topological polar surface area (TPSA) is 80.7 Å². The van der Waals surface area contributed by atoms with Crippen LogP contribution < -0.4 is 0 Å². The first-order valence-corrected chi connectivity index (χ1v) is 9.15. The van der Waals surface area contributed by atoms with Crippen LogP contribution in [0.1, 0.15) is 64.2 Å². The van der Waals surface area contributed by atoms with Gasteiger partial charge in [-0.3, -0.25) is 9.35 Å². The molecular formula is C14H24O5S. The molecule has 20 heavy (non-hydrogen) atoms. The van der Waals surface area contributed by atoms with Crippen molar-refractivity contribution in [3.8, 4) is 0 Å². The maximum atomic E-state index is 12.1. The van der Waals surface area contributed by atoms with Crippen molar-refractivity contribution >= 4 is 16.1 Å². The molecule has 1 atom stereocenters. The van der Waals surface area contributed by atoms with E-state index >= 15 is 0 Å². The number of carbonyl (C=O) groups is 1. The van der Waals surface area contributed by atoms with Crippen molar-refractivity contribution in [3.63, 3.8) is 0 Å². The first kappa shape index (κ1) is 15.8. The van der Waals surface area contributed by atoms with Crippen molar-refractivity contribution in [3.05, 3.63) is 0 Å². The summed E-state index contributed by atoms with van der Waals surface area (Å²) < 4.78 is 37.6. The molecule has 0 aromatic rings. The van der Waals surface area contributed by atoms with Crippen LogP contribution in [0.4, 0.5) is 0 Å². The van der Waals surface area contributed by atoms with Crippen molar-refractivity contribution < 1.29 is 22.5 Å². The Bertz CT molecular complexity index is 419. The molecule has 0 aromatic carbocycles. The molecule has 2 saturated carbocycles. The molecule has 0 heterocycles. The largest absolute Gasteiger partial charge is 0.443 e. The lowest BCUT2D eigenvalue weighted by Crippen LogP contribution is -2.37. The van der Waals surface area contributed by atoms with Gasteiger partial charge >= 0.3 is 16.1 Å². The molecule has 0 radical (unpaired) electrons. The number of carbonyl (C=O) groups excluding carboxylic acids is 1. The number of ether oxygens (including phenoxy) is 1. The van der Waals surface area contributed by atoms with E-state index in [1.54, 1.807) is 0 Å². The fourth-order valence-electron chi connectivity index (χ4n) is 3.36. The Labute approximate surface area is 120 Å². The smallest absolute Gasteiger partial charge is 0.310 e. The highest BCUT2D eigenvalue weighted by Crippen LogP contribution is 2.32. The van der Waals surface area contributed by atoms with E-state index in [2.05, 4.69) is 0 Å². The van der Waals surface area contributed by atoms with Crippen LogP contribution in [0.15, 0.2) is 0 Å². The Hall–Kier alpha value is -0.620. The van der Waals surface area contributed by atoms with E-state index < -0.39 is 21.5 Å². The standard InChI is InChI=1S/C14H24O5S/c15-13(11-7-3-1-4-8-11)19-14(20(16,17)18)12-9-5-2-6-10-12/h11-12,14H,1-10H2,(H,16,17,18). The van der Waals surface area contributed by atoms with Gasteiger partial charge in [0.2, 0.25) is 5.44 Å². The monoisotopic (exact) mass is 304 g/mol. The lowest BCUT2D eigenvalue weighted by atomic mass is 9.88. The number of rotatable bonds is 4. The summed E-state index contributed by atoms with van der Waals surface area (Å²) >= 11 is 0. The predicted octanol–water partition coefficient (Wildman–Crippen LogP) is 2.90. The first-order valence-electron chi connectivity index (χ1n) is 7.65. The Balaban J connectivity index is 2.01.